The summed E-state index contributed by atoms with van der Waals surface area (Å²) in [4.78, 5) is 16.5. The molecule has 2 atom stereocenters. The number of aromatic nitrogens is 4. The van der Waals surface area contributed by atoms with Crippen molar-refractivity contribution >= 4 is 11.8 Å². The van der Waals surface area contributed by atoms with Crippen LogP contribution >= 0.6 is 11.8 Å². The molecule has 6 nitrogen and oxygen atoms in total. The van der Waals surface area contributed by atoms with E-state index in [1.807, 2.05) is 11.6 Å². The van der Waals surface area contributed by atoms with E-state index in [0.717, 1.165) is 55.4 Å². The summed E-state index contributed by atoms with van der Waals surface area (Å²) in [6, 6.07) is 9.34. The molecule has 2 fully saturated rings. The van der Waals surface area contributed by atoms with E-state index < -0.39 is 11.7 Å². The molecule has 1 aromatic carbocycles. The first kappa shape index (κ1) is 23.2. The predicted molar refractivity (Wildman–Crippen MR) is 125 cm³/mol. The van der Waals surface area contributed by atoms with E-state index in [4.69, 9.17) is 0 Å². The van der Waals surface area contributed by atoms with E-state index in [9.17, 15) is 18.0 Å². The van der Waals surface area contributed by atoms with Crippen molar-refractivity contribution in [3.63, 3.8) is 0 Å². The van der Waals surface area contributed by atoms with Crippen LogP contribution in [0, 0.1) is 5.41 Å². The van der Waals surface area contributed by atoms with Crippen molar-refractivity contribution in [1.29, 1.82) is 0 Å². The summed E-state index contributed by atoms with van der Waals surface area (Å²) < 4.78 is 42.2. The summed E-state index contributed by atoms with van der Waals surface area (Å²) in [5.74, 6) is 1.52. The Hall–Kier alpha value is -2.59. The highest BCUT2D eigenvalue weighted by molar-refractivity contribution is 7.99. The van der Waals surface area contributed by atoms with Crippen LogP contribution in [0.25, 0.3) is 11.4 Å². The Morgan fingerprint density at radius 2 is 2.06 bits per heavy atom. The molecule has 5 rings (SSSR count). The van der Waals surface area contributed by atoms with Gasteiger partial charge < -0.3 is 14.5 Å². The first-order valence-corrected chi connectivity index (χ1v) is 12.4. The van der Waals surface area contributed by atoms with Crippen molar-refractivity contribution in [2.45, 2.75) is 36.5 Å². The van der Waals surface area contributed by atoms with Gasteiger partial charge in [0.15, 0.2) is 11.0 Å². The van der Waals surface area contributed by atoms with E-state index >= 15 is 0 Å². The minimum Gasteiger partial charge on any atom is -0.329 e. The molecular weight excluding hydrogens is 463 g/mol. The van der Waals surface area contributed by atoms with E-state index in [1.165, 1.54) is 18.2 Å². The fourth-order valence-electron chi connectivity index (χ4n) is 5.20. The first-order chi connectivity index (χ1) is 16.3. The molecule has 2 aliphatic rings. The first-order valence-electron chi connectivity index (χ1n) is 11.4. The molecule has 0 radical (unpaired) electrons. The molecule has 1 spiro atoms. The Balaban J connectivity index is 1.13. The molecule has 10 heteroatoms. The molecule has 1 N–H and O–H groups in total. The van der Waals surface area contributed by atoms with Gasteiger partial charge in [-0.15, -0.1) is 10.2 Å². The molecule has 1 unspecified atom stereocenters. The number of hydrogen-bond acceptors (Lipinski definition) is 5. The van der Waals surface area contributed by atoms with Crippen LogP contribution in [0.15, 0.2) is 52.5 Å². The monoisotopic (exact) mass is 489 g/mol. The number of aromatic amines is 1. The number of halogens is 3. The highest BCUT2D eigenvalue weighted by Crippen LogP contribution is 2.65. The van der Waals surface area contributed by atoms with Gasteiger partial charge in [0.25, 0.3) is 0 Å². The number of pyridine rings is 1. The Bertz CT molecular complexity index is 1240. The fourth-order valence-corrected chi connectivity index (χ4v) is 6.03. The molecule has 1 saturated heterocycles. The second-order valence-corrected chi connectivity index (χ2v) is 10.3. The van der Waals surface area contributed by atoms with Crippen LogP contribution in [0.1, 0.15) is 36.3 Å². The lowest BCUT2D eigenvalue weighted by molar-refractivity contribution is -0.138. The summed E-state index contributed by atoms with van der Waals surface area (Å²) in [5, 5.41) is 9.27. The van der Waals surface area contributed by atoms with Crippen molar-refractivity contribution in [3.05, 3.63) is 64.1 Å². The number of rotatable bonds is 7. The van der Waals surface area contributed by atoms with Gasteiger partial charge in [0, 0.05) is 37.2 Å². The third-order valence-electron chi connectivity index (χ3n) is 7.01. The third kappa shape index (κ3) is 4.53. The number of likely N-dealkylation sites (tertiary alicyclic amines) is 1. The minimum atomic E-state index is -4.30. The maximum Gasteiger partial charge on any atom is 0.416 e. The summed E-state index contributed by atoms with van der Waals surface area (Å²) >= 11 is 1.62. The largest absolute Gasteiger partial charge is 0.416 e. The average molecular weight is 490 g/mol. The molecule has 0 amide bonds. The van der Waals surface area contributed by atoms with Gasteiger partial charge in [0.1, 0.15) is 0 Å². The molecule has 0 bridgehead atoms. The van der Waals surface area contributed by atoms with Gasteiger partial charge in [-0.1, -0.05) is 30.0 Å². The van der Waals surface area contributed by atoms with Crippen molar-refractivity contribution < 1.29 is 13.2 Å². The number of benzene rings is 1. The molecule has 180 valence electrons. The van der Waals surface area contributed by atoms with E-state index in [1.54, 1.807) is 36.2 Å². The average Bonchev–Trinajstić information content (AvgIpc) is 3.14. The zero-order chi connectivity index (χ0) is 23.9. The molecule has 1 aliphatic carbocycles. The lowest BCUT2D eigenvalue weighted by Crippen LogP contribution is -2.23. The molecule has 34 heavy (non-hydrogen) atoms. The number of hydrogen-bond donors (Lipinski definition) is 1. The number of H-pyrrole nitrogens is 1. The smallest absolute Gasteiger partial charge is 0.329 e. The van der Waals surface area contributed by atoms with Gasteiger partial charge in [-0.05, 0) is 61.4 Å². The minimum absolute atomic E-state index is 0.000516. The van der Waals surface area contributed by atoms with Crippen LogP contribution in [-0.2, 0) is 13.2 Å². The maximum absolute atomic E-state index is 13.4. The molecule has 1 saturated carbocycles. The zero-order valence-corrected chi connectivity index (χ0v) is 19.6. The summed E-state index contributed by atoms with van der Waals surface area (Å²) in [6.45, 7) is 2.72. The van der Waals surface area contributed by atoms with Crippen LogP contribution in [0.4, 0.5) is 13.2 Å². The maximum atomic E-state index is 13.4. The van der Waals surface area contributed by atoms with Crippen LogP contribution < -0.4 is 5.56 Å². The Morgan fingerprint density at radius 3 is 2.85 bits per heavy atom. The lowest BCUT2D eigenvalue weighted by atomic mass is 9.95. The number of alkyl halides is 3. The van der Waals surface area contributed by atoms with Gasteiger partial charge in [-0.3, -0.25) is 4.79 Å². The highest BCUT2D eigenvalue weighted by atomic mass is 32.2. The van der Waals surface area contributed by atoms with Crippen LogP contribution in [0.3, 0.4) is 0 Å². The van der Waals surface area contributed by atoms with Crippen molar-refractivity contribution in [3.8, 4) is 11.4 Å². The van der Waals surface area contributed by atoms with Crippen LogP contribution in [0.5, 0.6) is 0 Å². The van der Waals surface area contributed by atoms with Crippen LogP contribution in [0.2, 0.25) is 0 Å². The van der Waals surface area contributed by atoms with E-state index in [0.29, 0.717) is 11.4 Å². The SMILES string of the molecule is Cn1c(SCCCN2CCC3(C[C@H]3c3ccccc3C(F)(F)F)C2)nnc1-c1cc[nH]c(=O)c1. The summed E-state index contributed by atoms with van der Waals surface area (Å²) in [7, 11) is 1.88. The molecule has 3 aromatic rings. The van der Waals surface area contributed by atoms with Crippen molar-refractivity contribution in [1.82, 2.24) is 24.6 Å². The molecule has 3 heterocycles. The number of nitrogens with one attached hydrogen (secondary N) is 1. The topological polar surface area (TPSA) is 66.8 Å². The van der Waals surface area contributed by atoms with Gasteiger partial charge in [-0.2, -0.15) is 13.2 Å². The van der Waals surface area contributed by atoms with Crippen LogP contribution in [-0.4, -0.2) is 50.0 Å². The highest BCUT2D eigenvalue weighted by Gasteiger charge is 2.59. The second-order valence-electron chi connectivity index (χ2n) is 9.24. The van der Waals surface area contributed by atoms with Crippen molar-refractivity contribution in [2.24, 2.45) is 12.5 Å². The molecule has 2 aromatic heterocycles. The summed E-state index contributed by atoms with van der Waals surface area (Å²) in [6.07, 6.45) is 0.0485. The second kappa shape index (κ2) is 8.88. The molecule has 1 aliphatic heterocycles. The standard InChI is InChI=1S/C24H26F3N5OS/c1-31-21(16-7-9-28-20(33)13-16)29-30-22(31)34-12-4-10-32-11-8-23(15-32)14-19(23)17-5-2-3-6-18(17)24(25,26)27/h2-3,5-7,9,13,19H,4,8,10-12,14-15H2,1H3,(H,28,33)/t19-,23?/m0/s1. The zero-order valence-electron chi connectivity index (χ0n) is 18.8. The normalized spacial score (nSPS) is 22.5. The third-order valence-corrected chi connectivity index (χ3v) is 8.12. The van der Waals surface area contributed by atoms with E-state index in [2.05, 4.69) is 20.1 Å². The number of thioether (sulfide) groups is 1. The van der Waals surface area contributed by atoms with Crippen molar-refractivity contribution in [2.75, 3.05) is 25.4 Å². The van der Waals surface area contributed by atoms with Gasteiger partial charge in [0.2, 0.25) is 5.56 Å². The Morgan fingerprint density at radius 1 is 1.24 bits per heavy atom. The fraction of sp³-hybridized carbons (Fsp3) is 0.458. The number of nitrogens with zero attached hydrogens (tertiary/aromatic N) is 4. The molecular formula is C24H26F3N5OS. The predicted octanol–water partition coefficient (Wildman–Crippen LogP) is 4.55. The Kier molecular flexibility index (Phi) is 6.05. The van der Waals surface area contributed by atoms with Gasteiger partial charge >= 0.3 is 6.18 Å². The lowest BCUT2D eigenvalue weighted by Gasteiger charge is -2.17. The Labute approximate surface area is 199 Å². The van der Waals surface area contributed by atoms with Gasteiger partial charge in [0.05, 0.1) is 5.56 Å². The van der Waals surface area contributed by atoms with E-state index in [-0.39, 0.29) is 16.9 Å². The van der Waals surface area contributed by atoms with Gasteiger partial charge in [-0.25, -0.2) is 0 Å². The quantitative estimate of drug-likeness (QED) is 0.390. The summed E-state index contributed by atoms with van der Waals surface area (Å²) in [5.41, 5.74) is 0.526.